The van der Waals surface area contributed by atoms with E-state index in [0.29, 0.717) is 0 Å². The van der Waals surface area contributed by atoms with Crippen LogP contribution in [0.15, 0.2) is 34.9 Å². The molecule has 0 atom stereocenters. The number of likely N-dealkylation sites (tertiary alicyclic amines) is 1. The Labute approximate surface area is 151 Å². The van der Waals surface area contributed by atoms with Gasteiger partial charge in [-0.1, -0.05) is 34.9 Å². The van der Waals surface area contributed by atoms with E-state index in [0.717, 1.165) is 13.1 Å². The van der Waals surface area contributed by atoms with Crippen LogP contribution in [0.3, 0.4) is 0 Å². The van der Waals surface area contributed by atoms with E-state index in [1.54, 1.807) is 0 Å². The molecule has 0 aromatic heterocycles. The number of hydrogen-bond donors (Lipinski definition) is 1. The lowest BCUT2D eigenvalue weighted by atomic mass is 10.1. The van der Waals surface area contributed by atoms with Gasteiger partial charge in [0.15, 0.2) is 0 Å². The summed E-state index contributed by atoms with van der Waals surface area (Å²) < 4.78 is 0. The minimum Gasteiger partial charge on any atom is -0.313 e. The molecule has 138 valence electrons. The quantitative estimate of drug-likeness (QED) is 0.376. The number of rotatable bonds is 12. The lowest BCUT2D eigenvalue weighted by Crippen LogP contribution is -2.24. The molecule has 1 N–H and O–H groups in total. The van der Waals surface area contributed by atoms with Gasteiger partial charge in [-0.25, -0.2) is 0 Å². The third kappa shape index (κ3) is 11.6. The molecule has 0 bridgehead atoms. The predicted octanol–water partition coefficient (Wildman–Crippen LogP) is 5.48. The highest BCUT2D eigenvalue weighted by molar-refractivity contribution is 5.05. The van der Waals surface area contributed by atoms with Crippen molar-refractivity contribution in [1.29, 1.82) is 0 Å². The van der Waals surface area contributed by atoms with E-state index in [4.69, 9.17) is 0 Å². The van der Waals surface area contributed by atoms with Crippen LogP contribution in [0.2, 0.25) is 0 Å². The summed E-state index contributed by atoms with van der Waals surface area (Å²) in [6.07, 6.45) is 15.9. The van der Waals surface area contributed by atoms with Gasteiger partial charge in [-0.2, -0.15) is 0 Å². The van der Waals surface area contributed by atoms with Crippen LogP contribution in [0.25, 0.3) is 0 Å². The Kier molecular flexibility index (Phi) is 11.9. The van der Waals surface area contributed by atoms with Crippen molar-refractivity contribution in [2.45, 2.75) is 72.6 Å². The van der Waals surface area contributed by atoms with Gasteiger partial charge in [0.05, 0.1) is 0 Å². The third-order valence-electron chi connectivity index (χ3n) is 4.74. The summed E-state index contributed by atoms with van der Waals surface area (Å²) >= 11 is 0. The van der Waals surface area contributed by atoms with Gasteiger partial charge in [-0.3, -0.25) is 0 Å². The molecule has 0 amide bonds. The monoisotopic (exact) mass is 332 g/mol. The molecule has 0 aromatic carbocycles. The smallest absolute Gasteiger partial charge is 0.0137 e. The highest BCUT2D eigenvalue weighted by Crippen LogP contribution is 2.11. The Balaban J connectivity index is 2.01. The van der Waals surface area contributed by atoms with Crippen molar-refractivity contribution >= 4 is 0 Å². The molecule has 1 rings (SSSR count). The summed E-state index contributed by atoms with van der Waals surface area (Å²) in [4.78, 5) is 2.59. The molecule has 2 heteroatoms. The maximum atomic E-state index is 3.55. The molecule has 1 aliphatic heterocycles. The predicted molar refractivity (Wildman–Crippen MR) is 109 cm³/mol. The zero-order valence-electron chi connectivity index (χ0n) is 16.7. The topological polar surface area (TPSA) is 15.3 Å². The molecular formula is C22H40N2. The molecule has 1 heterocycles. The average Bonchev–Trinajstić information content (AvgIpc) is 3.03. The Morgan fingerprint density at radius 2 is 1.50 bits per heavy atom. The lowest BCUT2D eigenvalue weighted by molar-refractivity contribution is 0.332. The van der Waals surface area contributed by atoms with E-state index in [9.17, 15) is 0 Å². The highest BCUT2D eigenvalue weighted by atomic mass is 15.1. The van der Waals surface area contributed by atoms with Crippen LogP contribution in [-0.2, 0) is 0 Å². The fourth-order valence-electron chi connectivity index (χ4n) is 3.12. The van der Waals surface area contributed by atoms with Crippen molar-refractivity contribution < 1.29 is 0 Å². The maximum Gasteiger partial charge on any atom is 0.0137 e. The molecule has 1 fully saturated rings. The molecule has 0 aromatic rings. The van der Waals surface area contributed by atoms with Gasteiger partial charge >= 0.3 is 0 Å². The largest absolute Gasteiger partial charge is 0.313 e. The van der Waals surface area contributed by atoms with Crippen molar-refractivity contribution in [3.05, 3.63) is 34.9 Å². The first kappa shape index (κ1) is 21.2. The van der Waals surface area contributed by atoms with Crippen molar-refractivity contribution in [3.63, 3.8) is 0 Å². The normalized spacial score (nSPS) is 16.7. The molecule has 1 aliphatic rings. The summed E-state index contributed by atoms with van der Waals surface area (Å²) in [5, 5.41) is 3.55. The van der Waals surface area contributed by atoms with E-state index in [-0.39, 0.29) is 0 Å². The van der Waals surface area contributed by atoms with E-state index in [1.807, 2.05) is 0 Å². The minimum absolute atomic E-state index is 1.02. The fraction of sp³-hybridized carbons (Fsp3) is 0.727. The summed E-state index contributed by atoms with van der Waals surface area (Å²) in [6.45, 7) is 14.9. The number of nitrogens with one attached hydrogen (secondary N) is 1. The van der Waals surface area contributed by atoms with Gasteiger partial charge in [0.25, 0.3) is 0 Å². The first-order valence-corrected chi connectivity index (χ1v) is 9.95. The molecule has 24 heavy (non-hydrogen) atoms. The van der Waals surface area contributed by atoms with Gasteiger partial charge < -0.3 is 10.2 Å². The lowest BCUT2D eigenvalue weighted by Gasteiger charge is -2.13. The standard InChI is InChI=1S/C22H40N2/c1-20(2)10-7-11-21(3)12-8-13-22(4)14-16-23-15-9-19-24-17-5-6-18-24/h10,12,14,23H,5-9,11,13,15-19H2,1-4H3/b21-12+,22-14+. The van der Waals surface area contributed by atoms with Gasteiger partial charge in [0.2, 0.25) is 0 Å². The molecule has 2 nitrogen and oxygen atoms in total. The number of allylic oxidation sites excluding steroid dienone is 5. The minimum atomic E-state index is 1.02. The Bertz CT molecular complexity index is 408. The number of nitrogens with zero attached hydrogens (tertiary/aromatic N) is 1. The Morgan fingerprint density at radius 3 is 2.17 bits per heavy atom. The van der Waals surface area contributed by atoms with E-state index < -0.39 is 0 Å². The molecule has 1 saturated heterocycles. The third-order valence-corrected chi connectivity index (χ3v) is 4.74. The van der Waals surface area contributed by atoms with Gasteiger partial charge in [0, 0.05) is 6.54 Å². The summed E-state index contributed by atoms with van der Waals surface area (Å²) in [6, 6.07) is 0. The molecule has 0 aliphatic carbocycles. The van der Waals surface area contributed by atoms with Gasteiger partial charge in [-0.15, -0.1) is 0 Å². The summed E-state index contributed by atoms with van der Waals surface area (Å²) in [7, 11) is 0. The van der Waals surface area contributed by atoms with Crippen molar-refractivity contribution in [1.82, 2.24) is 10.2 Å². The Morgan fingerprint density at radius 1 is 0.875 bits per heavy atom. The second kappa shape index (κ2) is 13.4. The fourth-order valence-corrected chi connectivity index (χ4v) is 3.12. The van der Waals surface area contributed by atoms with Crippen LogP contribution in [0.5, 0.6) is 0 Å². The van der Waals surface area contributed by atoms with E-state index in [2.05, 4.69) is 56.1 Å². The summed E-state index contributed by atoms with van der Waals surface area (Å²) in [5.74, 6) is 0. The van der Waals surface area contributed by atoms with Crippen LogP contribution < -0.4 is 5.32 Å². The van der Waals surface area contributed by atoms with Crippen molar-refractivity contribution in [2.75, 3.05) is 32.7 Å². The zero-order valence-corrected chi connectivity index (χ0v) is 16.7. The Hall–Kier alpha value is -0.860. The van der Waals surface area contributed by atoms with Crippen LogP contribution >= 0.6 is 0 Å². The van der Waals surface area contributed by atoms with E-state index in [1.165, 1.54) is 81.3 Å². The van der Waals surface area contributed by atoms with Crippen LogP contribution in [0.1, 0.15) is 72.6 Å². The van der Waals surface area contributed by atoms with Crippen LogP contribution in [0, 0.1) is 0 Å². The van der Waals surface area contributed by atoms with Crippen molar-refractivity contribution in [3.8, 4) is 0 Å². The van der Waals surface area contributed by atoms with Crippen molar-refractivity contribution in [2.24, 2.45) is 0 Å². The first-order chi connectivity index (χ1) is 11.6. The zero-order chi connectivity index (χ0) is 17.6. The molecular weight excluding hydrogens is 292 g/mol. The first-order valence-electron chi connectivity index (χ1n) is 9.95. The van der Waals surface area contributed by atoms with Gasteiger partial charge in [0.1, 0.15) is 0 Å². The molecule has 0 radical (unpaired) electrons. The van der Waals surface area contributed by atoms with Crippen LogP contribution in [-0.4, -0.2) is 37.6 Å². The highest BCUT2D eigenvalue weighted by Gasteiger charge is 2.09. The molecule has 0 unspecified atom stereocenters. The van der Waals surface area contributed by atoms with Gasteiger partial charge in [-0.05, 0) is 98.8 Å². The summed E-state index contributed by atoms with van der Waals surface area (Å²) in [5.41, 5.74) is 4.46. The SMILES string of the molecule is CC(C)=CCC/C(C)=C/CC/C(C)=C/CNCCCN1CCCC1. The van der Waals surface area contributed by atoms with E-state index >= 15 is 0 Å². The second-order valence-corrected chi connectivity index (χ2v) is 7.57. The molecule has 0 spiro atoms. The maximum absolute atomic E-state index is 3.55. The molecule has 0 saturated carbocycles. The second-order valence-electron chi connectivity index (χ2n) is 7.57. The number of hydrogen-bond acceptors (Lipinski definition) is 2. The average molecular weight is 333 g/mol. The van der Waals surface area contributed by atoms with Crippen LogP contribution in [0.4, 0.5) is 0 Å².